The molecule has 0 bridgehead atoms. The van der Waals surface area contributed by atoms with Crippen LogP contribution in [0.25, 0.3) is 11.3 Å². The number of aromatic nitrogens is 2. The van der Waals surface area contributed by atoms with Crippen LogP contribution in [0.15, 0.2) is 30.5 Å². The number of carbonyl (C=O) groups is 1. The molecule has 16 heavy (non-hydrogen) atoms. The van der Waals surface area contributed by atoms with Gasteiger partial charge < -0.3 is 0 Å². The Balaban J connectivity index is 2.59. The summed E-state index contributed by atoms with van der Waals surface area (Å²) in [5, 5.41) is 7.92. The summed E-state index contributed by atoms with van der Waals surface area (Å²) >= 11 is 0. The van der Waals surface area contributed by atoms with Crippen molar-refractivity contribution in [3.8, 4) is 11.3 Å². The fraction of sp³-hybridized carbons (Fsp3) is 0.154. The van der Waals surface area contributed by atoms with E-state index in [1.807, 2.05) is 38.1 Å². The lowest BCUT2D eigenvalue weighted by molar-refractivity contribution is 0.112. The minimum absolute atomic E-state index is 0.727. The number of aryl methyl sites for hydroxylation is 2. The van der Waals surface area contributed by atoms with E-state index >= 15 is 0 Å². The third-order valence-corrected chi connectivity index (χ3v) is 2.59. The summed E-state index contributed by atoms with van der Waals surface area (Å²) in [4.78, 5) is 10.8. The molecule has 0 spiro atoms. The fourth-order valence-electron chi connectivity index (χ4n) is 1.69. The molecule has 2 aromatic rings. The van der Waals surface area contributed by atoms with E-state index in [4.69, 9.17) is 0 Å². The number of hydrogen-bond donors (Lipinski definition) is 0. The molecule has 0 fully saturated rings. The van der Waals surface area contributed by atoms with Gasteiger partial charge in [-0.25, -0.2) is 0 Å². The lowest BCUT2D eigenvalue weighted by Gasteiger charge is -2.07. The molecule has 3 heteroatoms. The van der Waals surface area contributed by atoms with Crippen molar-refractivity contribution < 1.29 is 4.79 Å². The van der Waals surface area contributed by atoms with Crippen LogP contribution in [-0.4, -0.2) is 16.5 Å². The molecule has 0 aliphatic heterocycles. The van der Waals surface area contributed by atoms with Crippen molar-refractivity contribution >= 4 is 6.29 Å². The van der Waals surface area contributed by atoms with Gasteiger partial charge in [0.15, 0.2) is 0 Å². The average molecular weight is 212 g/mol. The quantitative estimate of drug-likeness (QED) is 0.718. The van der Waals surface area contributed by atoms with E-state index in [0.29, 0.717) is 0 Å². The Hall–Kier alpha value is -2.03. The topological polar surface area (TPSA) is 42.9 Å². The van der Waals surface area contributed by atoms with Crippen molar-refractivity contribution in [2.75, 3.05) is 0 Å². The summed E-state index contributed by atoms with van der Waals surface area (Å²) < 4.78 is 0. The number of nitrogens with zero attached hydrogens (tertiary/aromatic N) is 2. The molecule has 1 heterocycles. The van der Waals surface area contributed by atoms with Crippen LogP contribution in [0, 0.1) is 13.8 Å². The van der Waals surface area contributed by atoms with Gasteiger partial charge in [-0.15, -0.1) is 0 Å². The number of aldehydes is 1. The normalized spacial score (nSPS) is 10.1. The highest BCUT2D eigenvalue weighted by Gasteiger charge is 2.06. The SMILES string of the molecule is Cc1cc(-c2cccnn2)c(C)cc1C=O. The van der Waals surface area contributed by atoms with E-state index in [9.17, 15) is 4.79 Å². The molecule has 0 radical (unpaired) electrons. The maximum Gasteiger partial charge on any atom is 0.150 e. The molecule has 1 aromatic carbocycles. The minimum atomic E-state index is 0.727. The van der Waals surface area contributed by atoms with E-state index < -0.39 is 0 Å². The molecule has 80 valence electrons. The summed E-state index contributed by atoms with van der Waals surface area (Å²) in [5.41, 5.74) is 4.58. The molecule has 0 N–H and O–H groups in total. The molecule has 3 nitrogen and oxygen atoms in total. The number of carbonyl (C=O) groups excluding carboxylic acids is 1. The van der Waals surface area contributed by atoms with Crippen molar-refractivity contribution in [2.24, 2.45) is 0 Å². The number of hydrogen-bond acceptors (Lipinski definition) is 3. The molecule has 0 amide bonds. The summed E-state index contributed by atoms with van der Waals surface area (Å²) in [7, 11) is 0. The average Bonchev–Trinajstić information content (AvgIpc) is 2.32. The first kappa shape index (κ1) is 10.5. The Morgan fingerprint density at radius 2 is 2.00 bits per heavy atom. The Morgan fingerprint density at radius 3 is 2.62 bits per heavy atom. The molecular weight excluding hydrogens is 200 g/mol. The molecule has 1 aromatic heterocycles. The third-order valence-electron chi connectivity index (χ3n) is 2.59. The first-order chi connectivity index (χ1) is 7.72. The van der Waals surface area contributed by atoms with Gasteiger partial charge >= 0.3 is 0 Å². The van der Waals surface area contributed by atoms with Crippen LogP contribution in [0.2, 0.25) is 0 Å². The zero-order valence-corrected chi connectivity index (χ0v) is 9.27. The van der Waals surface area contributed by atoms with Gasteiger partial charge in [0.1, 0.15) is 6.29 Å². The van der Waals surface area contributed by atoms with Crippen LogP contribution in [0.4, 0.5) is 0 Å². The van der Waals surface area contributed by atoms with Gasteiger partial charge in [0.2, 0.25) is 0 Å². The zero-order chi connectivity index (χ0) is 11.5. The second kappa shape index (κ2) is 4.23. The minimum Gasteiger partial charge on any atom is -0.298 e. The highest BCUT2D eigenvalue weighted by Crippen LogP contribution is 2.23. The van der Waals surface area contributed by atoms with Crippen LogP contribution in [0.3, 0.4) is 0 Å². The van der Waals surface area contributed by atoms with Gasteiger partial charge in [-0.05, 0) is 49.2 Å². The maximum atomic E-state index is 10.8. The molecule has 2 rings (SSSR count). The summed E-state index contributed by atoms with van der Waals surface area (Å²) in [6.45, 7) is 3.89. The van der Waals surface area contributed by atoms with E-state index in [0.717, 1.165) is 34.2 Å². The summed E-state index contributed by atoms with van der Waals surface area (Å²) in [5.74, 6) is 0. The predicted octanol–water partition coefficient (Wildman–Crippen LogP) is 2.57. The van der Waals surface area contributed by atoms with Gasteiger partial charge in [0.25, 0.3) is 0 Å². The standard InChI is InChI=1S/C13H12N2O/c1-9-7-12(10(2)6-11(9)8-16)13-4-3-5-14-15-13/h3-8H,1-2H3. The van der Waals surface area contributed by atoms with Crippen molar-refractivity contribution in [3.63, 3.8) is 0 Å². The van der Waals surface area contributed by atoms with E-state index in [2.05, 4.69) is 10.2 Å². The van der Waals surface area contributed by atoms with Crippen molar-refractivity contribution in [1.82, 2.24) is 10.2 Å². The van der Waals surface area contributed by atoms with E-state index in [-0.39, 0.29) is 0 Å². The van der Waals surface area contributed by atoms with Crippen LogP contribution in [0.5, 0.6) is 0 Å². The van der Waals surface area contributed by atoms with Crippen molar-refractivity contribution in [2.45, 2.75) is 13.8 Å². The second-order valence-corrected chi connectivity index (χ2v) is 3.75. The molecule has 0 unspecified atom stereocenters. The highest BCUT2D eigenvalue weighted by atomic mass is 16.1. The van der Waals surface area contributed by atoms with Gasteiger partial charge in [-0.2, -0.15) is 10.2 Å². The summed E-state index contributed by atoms with van der Waals surface area (Å²) in [6, 6.07) is 7.62. The lowest BCUT2D eigenvalue weighted by atomic mass is 9.98. The Kier molecular flexibility index (Phi) is 2.77. The maximum absolute atomic E-state index is 10.8. The second-order valence-electron chi connectivity index (χ2n) is 3.75. The summed E-state index contributed by atoms with van der Waals surface area (Å²) in [6.07, 6.45) is 2.52. The van der Waals surface area contributed by atoms with Crippen LogP contribution in [-0.2, 0) is 0 Å². The molecule has 0 aliphatic carbocycles. The molecule has 0 atom stereocenters. The fourth-order valence-corrected chi connectivity index (χ4v) is 1.69. The van der Waals surface area contributed by atoms with Gasteiger partial charge in [0.05, 0.1) is 5.69 Å². The van der Waals surface area contributed by atoms with Crippen molar-refractivity contribution in [3.05, 3.63) is 47.2 Å². The predicted molar refractivity (Wildman–Crippen MR) is 62.3 cm³/mol. The lowest BCUT2D eigenvalue weighted by Crippen LogP contribution is -1.94. The highest BCUT2D eigenvalue weighted by molar-refractivity contribution is 5.80. The zero-order valence-electron chi connectivity index (χ0n) is 9.27. The first-order valence-electron chi connectivity index (χ1n) is 5.07. The van der Waals surface area contributed by atoms with Gasteiger partial charge in [0, 0.05) is 17.3 Å². The van der Waals surface area contributed by atoms with Crippen LogP contribution < -0.4 is 0 Å². The Bertz CT molecular complexity index is 521. The number of benzene rings is 1. The first-order valence-corrected chi connectivity index (χ1v) is 5.07. The molecule has 0 saturated carbocycles. The Morgan fingerprint density at radius 1 is 1.19 bits per heavy atom. The molecule has 0 saturated heterocycles. The number of rotatable bonds is 2. The third kappa shape index (κ3) is 1.84. The van der Waals surface area contributed by atoms with Crippen LogP contribution >= 0.6 is 0 Å². The van der Waals surface area contributed by atoms with Gasteiger partial charge in [-0.1, -0.05) is 0 Å². The van der Waals surface area contributed by atoms with E-state index in [1.54, 1.807) is 6.20 Å². The van der Waals surface area contributed by atoms with E-state index in [1.165, 1.54) is 0 Å². The molecule has 0 aliphatic rings. The monoisotopic (exact) mass is 212 g/mol. The molecular formula is C13H12N2O. The van der Waals surface area contributed by atoms with Gasteiger partial charge in [-0.3, -0.25) is 4.79 Å². The van der Waals surface area contributed by atoms with Crippen molar-refractivity contribution in [1.29, 1.82) is 0 Å². The van der Waals surface area contributed by atoms with Crippen LogP contribution in [0.1, 0.15) is 21.5 Å². The Labute approximate surface area is 94.2 Å². The largest absolute Gasteiger partial charge is 0.298 e. The smallest absolute Gasteiger partial charge is 0.150 e.